The molecule has 1 aromatic rings. The maximum atomic E-state index is 12.7. The molecular formula is C14H11F6NO3. The number of rotatable bonds is 3. The van der Waals surface area contributed by atoms with E-state index >= 15 is 0 Å². The number of halogens is 6. The zero-order valence-electron chi connectivity index (χ0n) is 11.8. The highest BCUT2D eigenvalue weighted by atomic mass is 19.4. The molecular weight excluding hydrogens is 344 g/mol. The molecule has 1 aromatic carbocycles. The Bertz CT molecular complexity index is 629. The predicted octanol–water partition coefficient (Wildman–Crippen LogP) is 3.32. The lowest BCUT2D eigenvalue weighted by Crippen LogP contribution is -2.46. The summed E-state index contributed by atoms with van der Waals surface area (Å²) >= 11 is 0. The van der Waals surface area contributed by atoms with E-state index in [1.165, 1.54) is 0 Å². The number of amides is 1. The van der Waals surface area contributed by atoms with Crippen LogP contribution in [-0.4, -0.2) is 23.0 Å². The van der Waals surface area contributed by atoms with E-state index in [-0.39, 0.29) is 18.9 Å². The fourth-order valence-corrected chi connectivity index (χ4v) is 2.29. The second kappa shape index (κ2) is 5.99. The van der Waals surface area contributed by atoms with E-state index in [1.54, 1.807) is 0 Å². The highest BCUT2D eigenvalue weighted by Crippen LogP contribution is 2.36. The summed E-state index contributed by atoms with van der Waals surface area (Å²) in [5.74, 6) is -2.86. The molecule has 132 valence electrons. The number of benzene rings is 1. The van der Waals surface area contributed by atoms with Crippen molar-refractivity contribution in [3.8, 4) is 0 Å². The summed E-state index contributed by atoms with van der Waals surface area (Å²) < 4.78 is 76.3. The van der Waals surface area contributed by atoms with Crippen LogP contribution in [0.2, 0.25) is 0 Å². The van der Waals surface area contributed by atoms with Gasteiger partial charge in [0.05, 0.1) is 17.0 Å². The van der Waals surface area contributed by atoms with E-state index in [4.69, 9.17) is 5.11 Å². The predicted molar refractivity (Wildman–Crippen MR) is 68.1 cm³/mol. The topological polar surface area (TPSA) is 66.4 Å². The Morgan fingerprint density at radius 2 is 1.42 bits per heavy atom. The van der Waals surface area contributed by atoms with Gasteiger partial charge in [-0.05, 0) is 31.0 Å². The molecule has 0 heterocycles. The zero-order valence-corrected chi connectivity index (χ0v) is 11.8. The normalized spacial score (nSPS) is 21.1. The van der Waals surface area contributed by atoms with Crippen LogP contribution < -0.4 is 5.32 Å². The Morgan fingerprint density at radius 1 is 0.958 bits per heavy atom. The number of hydrogen-bond donors (Lipinski definition) is 2. The van der Waals surface area contributed by atoms with Gasteiger partial charge in [0.2, 0.25) is 0 Å². The van der Waals surface area contributed by atoms with Crippen molar-refractivity contribution < 1.29 is 41.0 Å². The quantitative estimate of drug-likeness (QED) is 0.818. The van der Waals surface area contributed by atoms with Crippen LogP contribution in [0.1, 0.15) is 34.3 Å². The van der Waals surface area contributed by atoms with Gasteiger partial charge in [-0.1, -0.05) is 0 Å². The molecule has 0 spiro atoms. The summed E-state index contributed by atoms with van der Waals surface area (Å²) in [7, 11) is 0. The van der Waals surface area contributed by atoms with E-state index in [1.807, 2.05) is 0 Å². The first-order chi connectivity index (χ1) is 10.9. The summed E-state index contributed by atoms with van der Waals surface area (Å²) in [6.07, 6.45) is -9.93. The van der Waals surface area contributed by atoms with Gasteiger partial charge in [0.15, 0.2) is 0 Å². The Morgan fingerprint density at radius 3 is 1.79 bits per heavy atom. The molecule has 24 heavy (non-hydrogen) atoms. The average Bonchev–Trinajstić information content (AvgIpc) is 2.39. The van der Waals surface area contributed by atoms with Crippen LogP contribution in [-0.2, 0) is 17.1 Å². The minimum Gasteiger partial charge on any atom is -0.481 e. The van der Waals surface area contributed by atoms with Crippen LogP contribution in [0.5, 0.6) is 0 Å². The summed E-state index contributed by atoms with van der Waals surface area (Å²) in [5, 5.41) is 10.9. The van der Waals surface area contributed by atoms with Crippen molar-refractivity contribution in [1.82, 2.24) is 5.32 Å². The van der Waals surface area contributed by atoms with E-state index in [9.17, 15) is 35.9 Å². The summed E-state index contributed by atoms with van der Waals surface area (Å²) in [4.78, 5) is 22.5. The largest absolute Gasteiger partial charge is 0.481 e. The Balaban J connectivity index is 2.22. The number of hydrogen-bond acceptors (Lipinski definition) is 2. The van der Waals surface area contributed by atoms with Gasteiger partial charge in [-0.25, -0.2) is 0 Å². The number of carbonyl (C=O) groups excluding carboxylic acids is 1. The van der Waals surface area contributed by atoms with Gasteiger partial charge < -0.3 is 10.4 Å². The van der Waals surface area contributed by atoms with Gasteiger partial charge in [0, 0.05) is 11.6 Å². The molecule has 1 fully saturated rings. The van der Waals surface area contributed by atoms with Crippen molar-refractivity contribution in [2.24, 2.45) is 5.92 Å². The van der Waals surface area contributed by atoms with Gasteiger partial charge in [0.1, 0.15) is 0 Å². The number of carboxylic acids is 1. The van der Waals surface area contributed by atoms with E-state index in [0.717, 1.165) is 0 Å². The van der Waals surface area contributed by atoms with E-state index in [2.05, 4.69) is 5.32 Å². The van der Waals surface area contributed by atoms with Gasteiger partial charge >= 0.3 is 18.3 Å². The number of carboxylic acid groups (broad SMARTS) is 1. The first kappa shape index (κ1) is 18.1. The Hall–Kier alpha value is -2.26. The number of carbonyl (C=O) groups is 2. The highest BCUT2D eigenvalue weighted by molar-refractivity contribution is 5.95. The minimum absolute atomic E-state index is 0.0689. The monoisotopic (exact) mass is 355 g/mol. The molecule has 0 bridgehead atoms. The SMILES string of the molecule is O=C(NC1CC(C(=O)O)C1)c1cc(C(F)(F)F)cc(C(F)(F)F)c1. The van der Waals surface area contributed by atoms with Crippen molar-refractivity contribution in [3.05, 3.63) is 34.9 Å². The molecule has 0 atom stereocenters. The molecule has 1 amide bonds. The fraction of sp³-hybridized carbons (Fsp3) is 0.429. The van der Waals surface area contributed by atoms with Crippen molar-refractivity contribution in [1.29, 1.82) is 0 Å². The first-order valence-electron chi connectivity index (χ1n) is 6.71. The highest BCUT2D eigenvalue weighted by Gasteiger charge is 2.39. The lowest BCUT2D eigenvalue weighted by molar-refractivity contribution is -0.145. The van der Waals surface area contributed by atoms with Crippen molar-refractivity contribution >= 4 is 11.9 Å². The number of aliphatic carboxylic acids is 1. The smallest absolute Gasteiger partial charge is 0.416 e. The molecule has 0 aromatic heterocycles. The lowest BCUT2D eigenvalue weighted by atomic mass is 9.80. The maximum Gasteiger partial charge on any atom is 0.416 e. The molecule has 2 N–H and O–H groups in total. The third-order valence-electron chi connectivity index (χ3n) is 3.67. The first-order valence-corrected chi connectivity index (χ1v) is 6.71. The van der Waals surface area contributed by atoms with Crippen LogP contribution in [0.15, 0.2) is 18.2 Å². The fourth-order valence-electron chi connectivity index (χ4n) is 2.29. The second-order valence-corrected chi connectivity index (χ2v) is 5.47. The van der Waals surface area contributed by atoms with Crippen molar-refractivity contribution in [2.75, 3.05) is 0 Å². The standard InChI is InChI=1S/C14H11F6NO3/c15-13(16,17)8-1-6(2-9(5-8)14(18,19)20)11(22)21-10-3-7(4-10)12(23)24/h1-2,5,7,10H,3-4H2,(H,21,22)(H,23,24). The minimum atomic E-state index is -5.04. The third-order valence-corrected chi connectivity index (χ3v) is 3.67. The molecule has 0 unspecified atom stereocenters. The Labute approximate surface area is 131 Å². The molecule has 1 saturated carbocycles. The van der Waals surface area contributed by atoms with Crippen LogP contribution in [0.3, 0.4) is 0 Å². The summed E-state index contributed by atoms with van der Waals surface area (Å²) in [6, 6.07) is -0.00126. The van der Waals surface area contributed by atoms with Crippen LogP contribution in [0, 0.1) is 5.92 Å². The zero-order chi connectivity index (χ0) is 18.3. The van der Waals surface area contributed by atoms with Crippen LogP contribution >= 0.6 is 0 Å². The molecule has 4 nitrogen and oxygen atoms in total. The molecule has 10 heteroatoms. The third kappa shape index (κ3) is 3.98. The molecule has 0 saturated heterocycles. The average molecular weight is 355 g/mol. The summed E-state index contributed by atoms with van der Waals surface area (Å²) in [5.41, 5.74) is -3.95. The second-order valence-electron chi connectivity index (χ2n) is 5.47. The van der Waals surface area contributed by atoms with Gasteiger partial charge in [-0.15, -0.1) is 0 Å². The van der Waals surface area contributed by atoms with Crippen molar-refractivity contribution in [2.45, 2.75) is 31.2 Å². The Kier molecular flexibility index (Phi) is 4.51. The number of alkyl halides is 6. The maximum absolute atomic E-state index is 12.7. The molecule has 0 aliphatic heterocycles. The van der Waals surface area contributed by atoms with Crippen LogP contribution in [0.4, 0.5) is 26.3 Å². The molecule has 1 aliphatic rings. The molecule has 2 rings (SSSR count). The van der Waals surface area contributed by atoms with E-state index < -0.39 is 52.9 Å². The van der Waals surface area contributed by atoms with Gasteiger partial charge in [-0.3, -0.25) is 9.59 Å². The van der Waals surface area contributed by atoms with Gasteiger partial charge in [0.25, 0.3) is 5.91 Å². The molecule has 1 aliphatic carbocycles. The summed E-state index contributed by atoms with van der Waals surface area (Å²) in [6.45, 7) is 0. The van der Waals surface area contributed by atoms with Crippen LogP contribution in [0.25, 0.3) is 0 Å². The lowest BCUT2D eigenvalue weighted by Gasteiger charge is -2.32. The van der Waals surface area contributed by atoms with E-state index in [0.29, 0.717) is 12.1 Å². The number of nitrogens with one attached hydrogen (secondary N) is 1. The van der Waals surface area contributed by atoms with Crippen molar-refractivity contribution in [3.63, 3.8) is 0 Å². The van der Waals surface area contributed by atoms with Gasteiger partial charge in [-0.2, -0.15) is 26.3 Å². The molecule has 0 radical (unpaired) electrons.